The predicted octanol–water partition coefficient (Wildman–Crippen LogP) is 3.73. The normalized spacial score (nSPS) is 19.7. The van der Waals surface area contributed by atoms with Crippen molar-refractivity contribution in [1.82, 2.24) is 15.1 Å². The molecule has 0 radical (unpaired) electrons. The summed E-state index contributed by atoms with van der Waals surface area (Å²) in [6.45, 7) is 4.36. The van der Waals surface area contributed by atoms with Crippen molar-refractivity contribution >= 4 is 6.03 Å². The lowest BCUT2D eigenvalue weighted by atomic mass is 9.99. The van der Waals surface area contributed by atoms with Gasteiger partial charge in [-0.05, 0) is 42.5 Å². The minimum absolute atomic E-state index is 0.207. The molecule has 0 unspecified atom stereocenters. The second-order valence-electron chi connectivity index (χ2n) is 7.27. The first kappa shape index (κ1) is 17.1. The summed E-state index contributed by atoms with van der Waals surface area (Å²) in [5.74, 6) is 0. The van der Waals surface area contributed by atoms with Crippen LogP contribution in [0, 0.1) is 0 Å². The van der Waals surface area contributed by atoms with Crippen LogP contribution in [0.3, 0.4) is 0 Å². The third-order valence-electron chi connectivity index (χ3n) is 5.54. The Balaban J connectivity index is 1.62. The van der Waals surface area contributed by atoms with Crippen LogP contribution in [0.15, 0.2) is 54.6 Å². The lowest BCUT2D eigenvalue weighted by molar-refractivity contribution is 0.141. The highest BCUT2D eigenvalue weighted by Gasteiger charge is 2.31. The molecule has 4 nitrogen and oxygen atoms in total. The van der Waals surface area contributed by atoms with E-state index < -0.39 is 0 Å². The summed E-state index contributed by atoms with van der Waals surface area (Å²) in [5, 5.41) is 3.42. The number of rotatable bonds is 4. The maximum atomic E-state index is 13.2. The maximum Gasteiger partial charge on any atom is 0.320 e. The molecule has 136 valence electrons. The first-order valence-electron chi connectivity index (χ1n) is 9.72. The SMILES string of the molecule is O=C(N1CCCC1)N(Cc1ccccc1-c1ccccc1)[C@H]1CCNC1. The van der Waals surface area contributed by atoms with Crippen molar-refractivity contribution in [3.8, 4) is 11.1 Å². The molecule has 2 heterocycles. The van der Waals surface area contributed by atoms with Crippen LogP contribution >= 0.6 is 0 Å². The Morgan fingerprint density at radius 3 is 2.50 bits per heavy atom. The number of urea groups is 1. The van der Waals surface area contributed by atoms with E-state index in [2.05, 4.69) is 58.7 Å². The average Bonchev–Trinajstić information content (AvgIpc) is 3.40. The van der Waals surface area contributed by atoms with E-state index in [-0.39, 0.29) is 12.1 Å². The quantitative estimate of drug-likeness (QED) is 0.913. The number of carbonyl (C=O) groups excluding carboxylic acids is 1. The number of nitrogens with one attached hydrogen (secondary N) is 1. The summed E-state index contributed by atoms with van der Waals surface area (Å²) in [6, 6.07) is 19.4. The van der Waals surface area contributed by atoms with Gasteiger partial charge in [0.2, 0.25) is 0 Å². The summed E-state index contributed by atoms with van der Waals surface area (Å²) in [5.41, 5.74) is 3.65. The van der Waals surface area contributed by atoms with Gasteiger partial charge in [0.25, 0.3) is 0 Å². The first-order valence-corrected chi connectivity index (χ1v) is 9.72. The molecule has 0 aliphatic carbocycles. The van der Waals surface area contributed by atoms with Gasteiger partial charge < -0.3 is 15.1 Å². The largest absolute Gasteiger partial charge is 0.325 e. The van der Waals surface area contributed by atoms with Crippen LogP contribution in [-0.2, 0) is 6.54 Å². The van der Waals surface area contributed by atoms with E-state index in [1.165, 1.54) is 16.7 Å². The van der Waals surface area contributed by atoms with Gasteiger partial charge in [-0.3, -0.25) is 0 Å². The second kappa shape index (κ2) is 7.92. The molecule has 2 aromatic rings. The highest BCUT2D eigenvalue weighted by molar-refractivity contribution is 5.76. The van der Waals surface area contributed by atoms with Crippen LogP contribution < -0.4 is 5.32 Å². The molecule has 0 bridgehead atoms. The first-order chi connectivity index (χ1) is 12.8. The smallest absolute Gasteiger partial charge is 0.320 e. The van der Waals surface area contributed by atoms with Crippen molar-refractivity contribution in [2.45, 2.75) is 31.8 Å². The molecular formula is C22H27N3O. The monoisotopic (exact) mass is 349 g/mol. The van der Waals surface area contributed by atoms with Gasteiger partial charge in [0.05, 0.1) is 0 Å². The van der Waals surface area contributed by atoms with Gasteiger partial charge in [-0.1, -0.05) is 54.6 Å². The molecule has 1 N–H and O–H groups in total. The Bertz CT molecular complexity index is 734. The molecule has 4 rings (SSSR count). The van der Waals surface area contributed by atoms with Gasteiger partial charge in [0.15, 0.2) is 0 Å². The molecule has 2 aliphatic rings. The van der Waals surface area contributed by atoms with Crippen LogP contribution in [0.5, 0.6) is 0 Å². The van der Waals surface area contributed by atoms with Crippen LogP contribution in [0.25, 0.3) is 11.1 Å². The van der Waals surface area contributed by atoms with Gasteiger partial charge in [0.1, 0.15) is 0 Å². The molecule has 2 aliphatic heterocycles. The lowest BCUT2D eigenvalue weighted by Crippen LogP contribution is -2.47. The number of carbonyl (C=O) groups is 1. The van der Waals surface area contributed by atoms with Crippen molar-refractivity contribution < 1.29 is 4.79 Å². The van der Waals surface area contributed by atoms with E-state index in [9.17, 15) is 4.79 Å². The van der Waals surface area contributed by atoms with Gasteiger partial charge in [-0.25, -0.2) is 4.79 Å². The summed E-state index contributed by atoms with van der Waals surface area (Å²) in [6.07, 6.45) is 3.29. The Morgan fingerprint density at radius 1 is 1.04 bits per heavy atom. The number of likely N-dealkylation sites (tertiary alicyclic amines) is 1. The second-order valence-corrected chi connectivity index (χ2v) is 7.27. The molecule has 0 aromatic heterocycles. The van der Waals surface area contributed by atoms with Crippen molar-refractivity contribution in [3.05, 3.63) is 60.2 Å². The fourth-order valence-corrected chi connectivity index (χ4v) is 4.09. The van der Waals surface area contributed by atoms with E-state index in [1.54, 1.807) is 0 Å². The van der Waals surface area contributed by atoms with E-state index in [1.807, 2.05) is 11.0 Å². The predicted molar refractivity (Wildman–Crippen MR) is 105 cm³/mol. The zero-order valence-corrected chi connectivity index (χ0v) is 15.2. The number of amides is 2. The van der Waals surface area contributed by atoms with Crippen molar-refractivity contribution in [1.29, 1.82) is 0 Å². The highest BCUT2D eigenvalue weighted by atomic mass is 16.2. The fraction of sp³-hybridized carbons (Fsp3) is 0.409. The molecule has 0 saturated carbocycles. The molecule has 0 spiro atoms. The number of hydrogen-bond acceptors (Lipinski definition) is 2. The maximum absolute atomic E-state index is 13.2. The van der Waals surface area contributed by atoms with Crippen LogP contribution in [0.1, 0.15) is 24.8 Å². The van der Waals surface area contributed by atoms with Gasteiger partial charge >= 0.3 is 6.03 Å². The molecule has 1 atom stereocenters. The standard InChI is InChI=1S/C22H27N3O/c26-22(24-14-6-7-15-24)25(20-12-13-23-16-20)17-19-10-4-5-11-21(19)18-8-2-1-3-9-18/h1-5,8-11,20,23H,6-7,12-17H2/t20-/m0/s1. The van der Waals surface area contributed by atoms with Crippen LogP contribution in [0.4, 0.5) is 4.79 Å². The number of nitrogens with zero attached hydrogens (tertiary/aromatic N) is 2. The van der Waals surface area contributed by atoms with E-state index >= 15 is 0 Å². The van der Waals surface area contributed by atoms with Crippen molar-refractivity contribution in [2.75, 3.05) is 26.2 Å². The highest BCUT2D eigenvalue weighted by Crippen LogP contribution is 2.27. The van der Waals surface area contributed by atoms with Crippen LogP contribution in [-0.4, -0.2) is 48.1 Å². The Labute approximate surface area is 155 Å². The molecule has 2 fully saturated rings. The summed E-state index contributed by atoms with van der Waals surface area (Å²) in [7, 11) is 0. The minimum Gasteiger partial charge on any atom is -0.325 e. The van der Waals surface area contributed by atoms with Gasteiger partial charge in [-0.2, -0.15) is 0 Å². The molecule has 26 heavy (non-hydrogen) atoms. The van der Waals surface area contributed by atoms with Gasteiger partial charge in [0, 0.05) is 32.2 Å². The Hall–Kier alpha value is -2.33. The van der Waals surface area contributed by atoms with Gasteiger partial charge in [-0.15, -0.1) is 0 Å². The van der Waals surface area contributed by atoms with E-state index in [0.29, 0.717) is 6.54 Å². The summed E-state index contributed by atoms with van der Waals surface area (Å²) >= 11 is 0. The fourth-order valence-electron chi connectivity index (χ4n) is 4.09. The Morgan fingerprint density at radius 2 is 1.77 bits per heavy atom. The third-order valence-corrected chi connectivity index (χ3v) is 5.54. The molecule has 2 saturated heterocycles. The summed E-state index contributed by atoms with van der Waals surface area (Å²) in [4.78, 5) is 17.3. The minimum atomic E-state index is 0.207. The number of hydrogen-bond donors (Lipinski definition) is 1. The summed E-state index contributed by atoms with van der Waals surface area (Å²) < 4.78 is 0. The molecule has 2 aromatic carbocycles. The molecular weight excluding hydrogens is 322 g/mol. The lowest BCUT2D eigenvalue weighted by Gasteiger charge is -2.33. The third kappa shape index (κ3) is 3.61. The molecule has 2 amide bonds. The topological polar surface area (TPSA) is 35.6 Å². The molecule has 4 heteroatoms. The average molecular weight is 349 g/mol. The van der Waals surface area contributed by atoms with Crippen molar-refractivity contribution in [3.63, 3.8) is 0 Å². The van der Waals surface area contributed by atoms with Crippen molar-refractivity contribution in [2.24, 2.45) is 0 Å². The van der Waals surface area contributed by atoms with E-state index in [0.717, 1.165) is 45.4 Å². The number of benzene rings is 2. The Kier molecular flexibility index (Phi) is 5.21. The van der Waals surface area contributed by atoms with E-state index in [4.69, 9.17) is 0 Å². The zero-order chi connectivity index (χ0) is 17.8. The van der Waals surface area contributed by atoms with Crippen LogP contribution in [0.2, 0.25) is 0 Å². The zero-order valence-electron chi connectivity index (χ0n) is 15.2.